The Hall–Kier alpha value is -1.47. The van der Waals surface area contributed by atoms with Gasteiger partial charge in [-0.2, -0.15) is 0 Å². The zero-order valence-electron chi connectivity index (χ0n) is 20.3. The number of imide groups is 1. The summed E-state index contributed by atoms with van der Waals surface area (Å²) in [6.45, 7) is 13.2. The summed E-state index contributed by atoms with van der Waals surface area (Å²) in [6, 6.07) is 0. The number of hydrogen-bond donors (Lipinski definition) is 0. The van der Waals surface area contributed by atoms with Crippen LogP contribution in [0.1, 0.15) is 80.1 Å². The largest absolute Gasteiger partial charge is 0.361 e. The van der Waals surface area contributed by atoms with E-state index in [-0.39, 0.29) is 23.1 Å². The molecule has 0 aromatic rings. The van der Waals surface area contributed by atoms with Gasteiger partial charge >= 0.3 is 0 Å². The molecule has 31 heavy (non-hydrogen) atoms. The second-order valence-corrected chi connectivity index (χ2v) is 10.1. The molecule has 6 unspecified atom stereocenters. The van der Waals surface area contributed by atoms with Crippen LogP contribution in [0.4, 0.5) is 0 Å². The van der Waals surface area contributed by atoms with Gasteiger partial charge in [0, 0.05) is 19.2 Å². The van der Waals surface area contributed by atoms with Crippen molar-refractivity contribution in [2.75, 3.05) is 13.7 Å². The summed E-state index contributed by atoms with van der Waals surface area (Å²) in [5.41, 5.74) is -0.375. The third-order valence-electron chi connectivity index (χ3n) is 8.51. The molecule has 0 aromatic carbocycles. The SMILES string of the molecule is CCCC(C)(CC)N1C(=O)C2OC3C(=O)N(CCC(C)(CC)CC)C(OC)C3C2C1=O. The van der Waals surface area contributed by atoms with E-state index in [0.29, 0.717) is 13.0 Å². The predicted molar refractivity (Wildman–Crippen MR) is 117 cm³/mol. The van der Waals surface area contributed by atoms with Gasteiger partial charge in [0.05, 0.1) is 11.8 Å². The summed E-state index contributed by atoms with van der Waals surface area (Å²) in [4.78, 5) is 43.2. The molecule has 7 nitrogen and oxygen atoms in total. The van der Waals surface area contributed by atoms with E-state index < -0.39 is 35.8 Å². The third kappa shape index (κ3) is 3.71. The van der Waals surface area contributed by atoms with Gasteiger partial charge in [-0.1, -0.05) is 53.9 Å². The number of rotatable bonds is 10. The highest BCUT2D eigenvalue weighted by Crippen LogP contribution is 2.49. The second kappa shape index (κ2) is 8.81. The van der Waals surface area contributed by atoms with Crippen molar-refractivity contribution in [3.63, 3.8) is 0 Å². The van der Waals surface area contributed by atoms with Crippen molar-refractivity contribution in [2.24, 2.45) is 17.3 Å². The summed E-state index contributed by atoms with van der Waals surface area (Å²) in [5, 5.41) is 0. The molecule has 3 aliphatic rings. The zero-order chi connectivity index (χ0) is 23.1. The van der Waals surface area contributed by atoms with Gasteiger partial charge in [-0.05, 0) is 31.6 Å². The fourth-order valence-electron chi connectivity index (χ4n) is 5.69. The van der Waals surface area contributed by atoms with Crippen molar-refractivity contribution in [1.82, 2.24) is 9.80 Å². The van der Waals surface area contributed by atoms with Crippen LogP contribution in [0.3, 0.4) is 0 Å². The van der Waals surface area contributed by atoms with Crippen LogP contribution in [-0.2, 0) is 23.9 Å². The van der Waals surface area contributed by atoms with E-state index in [1.54, 1.807) is 12.0 Å². The average molecular weight is 437 g/mol. The van der Waals surface area contributed by atoms with E-state index >= 15 is 0 Å². The zero-order valence-corrected chi connectivity index (χ0v) is 20.3. The lowest BCUT2D eigenvalue weighted by Gasteiger charge is -2.37. The number of likely N-dealkylation sites (tertiary alicyclic amines) is 2. The highest BCUT2D eigenvalue weighted by Gasteiger charge is 2.68. The minimum absolute atomic E-state index is 0.151. The number of fused-ring (bicyclic) bond motifs is 3. The number of amides is 3. The van der Waals surface area contributed by atoms with Crippen LogP contribution >= 0.6 is 0 Å². The van der Waals surface area contributed by atoms with Crippen LogP contribution in [0.25, 0.3) is 0 Å². The first-order valence-electron chi connectivity index (χ1n) is 12.0. The van der Waals surface area contributed by atoms with E-state index in [4.69, 9.17) is 9.47 Å². The van der Waals surface area contributed by atoms with Crippen molar-refractivity contribution in [1.29, 1.82) is 0 Å². The minimum atomic E-state index is -0.870. The van der Waals surface area contributed by atoms with Crippen LogP contribution in [0.15, 0.2) is 0 Å². The predicted octanol–water partition coefficient (Wildman–Crippen LogP) is 3.35. The lowest BCUT2D eigenvalue weighted by Crippen LogP contribution is -2.51. The molecule has 0 saturated carbocycles. The molecule has 0 radical (unpaired) electrons. The van der Waals surface area contributed by atoms with Crippen molar-refractivity contribution in [3.05, 3.63) is 0 Å². The van der Waals surface area contributed by atoms with Gasteiger partial charge in [-0.15, -0.1) is 0 Å². The van der Waals surface area contributed by atoms with Crippen LogP contribution < -0.4 is 0 Å². The monoisotopic (exact) mass is 436 g/mol. The Morgan fingerprint density at radius 2 is 1.55 bits per heavy atom. The second-order valence-electron chi connectivity index (χ2n) is 10.1. The third-order valence-corrected chi connectivity index (χ3v) is 8.51. The molecule has 0 aliphatic carbocycles. The fraction of sp³-hybridized carbons (Fsp3) is 0.875. The van der Waals surface area contributed by atoms with Crippen LogP contribution in [-0.4, -0.2) is 65.2 Å². The first-order valence-corrected chi connectivity index (χ1v) is 12.0. The summed E-state index contributed by atoms with van der Waals surface area (Å²) < 4.78 is 11.8. The molecule has 6 atom stereocenters. The molecule has 3 rings (SSSR count). The standard InChI is InChI=1S/C24H40N2O5/c1-8-12-24(6,11-4)26-19(27)15-16-18(31-17(15)21(26)29)20(28)25(22(16)30-7)14-13-23(5,9-2)10-3/h15-18,22H,8-14H2,1-7H3. The van der Waals surface area contributed by atoms with E-state index in [2.05, 4.69) is 27.7 Å². The molecule has 0 bridgehead atoms. The molecule has 3 fully saturated rings. The molecule has 3 aliphatic heterocycles. The summed E-state index contributed by atoms with van der Waals surface area (Å²) in [5.74, 6) is -1.74. The first kappa shape index (κ1) is 24.2. The quantitative estimate of drug-likeness (QED) is 0.491. The Labute approximate surface area is 186 Å². The molecule has 176 valence electrons. The van der Waals surface area contributed by atoms with Crippen molar-refractivity contribution < 1.29 is 23.9 Å². The molecule has 7 heteroatoms. The molecule has 0 aromatic heterocycles. The molecular weight excluding hydrogens is 396 g/mol. The van der Waals surface area contributed by atoms with Crippen molar-refractivity contribution in [3.8, 4) is 0 Å². The van der Waals surface area contributed by atoms with Crippen LogP contribution in [0.2, 0.25) is 0 Å². The van der Waals surface area contributed by atoms with E-state index in [0.717, 1.165) is 32.1 Å². The Bertz CT molecular complexity index is 721. The maximum atomic E-state index is 13.5. The molecule has 0 N–H and O–H groups in total. The Morgan fingerprint density at radius 1 is 0.903 bits per heavy atom. The molecule has 0 spiro atoms. The smallest absolute Gasteiger partial charge is 0.259 e. The van der Waals surface area contributed by atoms with Gasteiger partial charge in [-0.3, -0.25) is 19.3 Å². The first-order chi connectivity index (χ1) is 14.6. The average Bonchev–Trinajstić information content (AvgIpc) is 3.35. The highest BCUT2D eigenvalue weighted by atomic mass is 16.5. The summed E-state index contributed by atoms with van der Waals surface area (Å²) in [6.07, 6.45) is 3.07. The Morgan fingerprint density at radius 3 is 2.06 bits per heavy atom. The summed E-state index contributed by atoms with van der Waals surface area (Å²) >= 11 is 0. The number of carbonyl (C=O) groups is 3. The van der Waals surface area contributed by atoms with Gasteiger partial charge in [0.1, 0.15) is 18.4 Å². The Kier molecular flexibility index (Phi) is 6.87. The van der Waals surface area contributed by atoms with Crippen LogP contribution in [0.5, 0.6) is 0 Å². The normalized spacial score (nSPS) is 32.6. The van der Waals surface area contributed by atoms with E-state index in [9.17, 15) is 14.4 Å². The van der Waals surface area contributed by atoms with Crippen LogP contribution in [0, 0.1) is 17.3 Å². The van der Waals surface area contributed by atoms with Gasteiger partial charge in [-0.25, -0.2) is 0 Å². The van der Waals surface area contributed by atoms with Gasteiger partial charge in [0.25, 0.3) is 11.8 Å². The lowest BCUT2D eigenvalue weighted by molar-refractivity contribution is -0.153. The minimum Gasteiger partial charge on any atom is -0.361 e. The number of ether oxygens (including phenoxy) is 2. The van der Waals surface area contributed by atoms with Gasteiger partial charge in [0.15, 0.2) is 0 Å². The molecule has 3 heterocycles. The number of carbonyl (C=O) groups excluding carboxylic acids is 3. The Balaban J connectivity index is 1.85. The molecule has 3 amide bonds. The van der Waals surface area contributed by atoms with E-state index in [1.807, 2.05) is 13.8 Å². The van der Waals surface area contributed by atoms with E-state index in [1.165, 1.54) is 4.90 Å². The lowest BCUT2D eigenvalue weighted by atomic mass is 9.81. The van der Waals surface area contributed by atoms with Crippen molar-refractivity contribution >= 4 is 17.7 Å². The molecular formula is C24H40N2O5. The van der Waals surface area contributed by atoms with Crippen molar-refractivity contribution in [2.45, 2.75) is 104 Å². The highest BCUT2D eigenvalue weighted by molar-refractivity contribution is 6.09. The number of nitrogens with zero attached hydrogens (tertiary/aromatic N) is 2. The maximum Gasteiger partial charge on any atom is 0.259 e. The number of hydrogen-bond acceptors (Lipinski definition) is 5. The maximum absolute atomic E-state index is 13.5. The number of methoxy groups -OCH3 is 1. The molecule has 3 saturated heterocycles. The topological polar surface area (TPSA) is 76.2 Å². The fourth-order valence-corrected chi connectivity index (χ4v) is 5.69. The van der Waals surface area contributed by atoms with Gasteiger partial charge < -0.3 is 14.4 Å². The summed E-state index contributed by atoms with van der Waals surface area (Å²) in [7, 11) is 1.58. The van der Waals surface area contributed by atoms with Gasteiger partial charge in [0.2, 0.25) is 5.91 Å².